The summed E-state index contributed by atoms with van der Waals surface area (Å²) in [7, 11) is 0. The van der Waals surface area contributed by atoms with Gasteiger partial charge in [0, 0.05) is 5.75 Å². The van der Waals surface area contributed by atoms with Crippen molar-refractivity contribution in [3.05, 3.63) is 29.8 Å². The molecule has 1 atom stereocenters. The first-order chi connectivity index (χ1) is 9.49. The number of rotatable bonds is 5. The third-order valence-electron chi connectivity index (χ3n) is 3.60. The molecule has 1 fully saturated rings. The zero-order chi connectivity index (χ0) is 14.6. The van der Waals surface area contributed by atoms with E-state index < -0.39 is 11.4 Å². The molecule has 3 nitrogen and oxygen atoms in total. The molecule has 0 saturated carbocycles. The Morgan fingerprint density at radius 3 is 2.85 bits per heavy atom. The molecule has 1 heterocycles. The van der Waals surface area contributed by atoms with Gasteiger partial charge in [-0.2, -0.15) is 11.8 Å². The molecule has 2 rings (SSSR count). The van der Waals surface area contributed by atoms with E-state index in [4.69, 9.17) is 4.74 Å². The Morgan fingerprint density at radius 1 is 1.45 bits per heavy atom. The summed E-state index contributed by atoms with van der Waals surface area (Å²) in [6.07, 6.45) is 3.02. The molecule has 0 aliphatic carbocycles. The van der Waals surface area contributed by atoms with Crippen molar-refractivity contribution in [3.8, 4) is 5.75 Å². The molecule has 1 saturated heterocycles. The second-order valence-corrected chi connectivity index (χ2v) is 7.08. The van der Waals surface area contributed by atoms with Crippen molar-refractivity contribution in [1.82, 2.24) is 0 Å². The van der Waals surface area contributed by atoms with E-state index in [2.05, 4.69) is 0 Å². The van der Waals surface area contributed by atoms with E-state index in [0.717, 1.165) is 23.5 Å². The van der Waals surface area contributed by atoms with E-state index in [1.54, 1.807) is 13.8 Å². The van der Waals surface area contributed by atoms with Crippen molar-refractivity contribution in [1.29, 1.82) is 0 Å². The Morgan fingerprint density at radius 2 is 2.20 bits per heavy atom. The molecule has 0 radical (unpaired) electrons. The maximum absolute atomic E-state index is 11.3. The molecule has 0 spiro atoms. The van der Waals surface area contributed by atoms with E-state index in [-0.39, 0.29) is 6.10 Å². The Bertz CT molecular complexity index is 465. The van der Waals surface area contributed by atoms with Crippen LogP contribution in [-0.4, -0.2) is 28.7 Å². The molecule has 1 N–H and O–H groups in total. The number of carboxylic acid groups (broad SMARTS) is 1. The highest BCUT2D eigenvalue weighted by molar-refractivity contribution is 7.99. The number of carboxylic acids is 1. The van der Waals surface area contributed by atoms with Gasteiger partial charge in [0.1, 0.15) is 11.9 Å². The van der Waals surface area contributed by atoms with E-state index >= 15 is 0 Å². The summed E-state index contributed by atoms with van der Waals surface area (Å²) in [4.78, 5) is 11.3. The van der Waals surface area contributed by atoms with Crippen LogP contribution in [0.4, 0.5) is 0 Å². The summed E-state index contributed by atoms with van der Waals surface area (Å²) in [5, 5.41) is 9.27. The van der Waals surface area contributed by atoms with Gasteiger partial charge < -0.3 is 9.84 Å². The Hall–Kier alpha value is -1.16. The first-order valence-corrected chi connectivity index (χ1v) is 8.20. The van der Waals surface area contributed by atoms with Crippen molar-refractivity contribution in [2.45, 2.75) is 39.2 Å². The number of hydrogen-bond donors (Lipinski definition) is 1. The smallest absolute Gasteiger partial charge is 0.309 e. The summed E-state index contributed by atoms with van der Waals surface area (Å²) in [5.74, 6) is 2.30. The van der Waals surface area contributed by atoms with Crippen LogP contribution >= 0.6 is 11.8 Å². The van der Waals surface area contributed by atoms with Crippen LogP contribution in [0.1, 0.15) is 32.3 Å². The van der Waals surface area contributed by atoms with Crippen LogP contribution < -0.4 is 4.74 Å². The quantitative estimate of drug-likeness (QED) is 0.901. The van der Waals surface area contributed by atoms with Crippen LogP contribution in [-0.2, 0) is 11.2 Å². The molecule has 1 aliphatic rings. The maximum atomic E-state index is 11.3. The molecular weight excluding hydrogens is 272 g/mol. The van der Waals surface area contributed by atoms with E-state index in [0.29, 0.717) is 6.42 Å². The van der Waals surface area contributed by atoms with E-state index in [9.17, 15) is 9.90 Å². The van der Waals surface area contributed by atoms with E-state index in [1.165, 1.54) is 12.2 Å². The maximum Gasteiger partial charge on any atom is 0.309 e. The van der Waals surface area contributed by atoms with Gasteiger partial charge in [-0.1, -0.05) is 18.2 Å². The van der Waals surface area contributed by atoms with Gasteiger partial charge in [-0.15, -0.1) is 0 Å². The average molecular weight is 294 g/mol. The fourth-order valence-electron chi connectivity index (χ4n) is 2.30. The van der Waals surface area contributed by atoms with Crippen LogP contribution in [0.25, 0.3) is 0 Å². The lowest BCUT2D eigenvalue weighted by atomic mass is 9.85. The highest BCUT2D eigenvalue weighted by atomic mass is 32.2. The second-order valence-electron chi connectivity index (χ2n) is 5.93. The van der Waals surface area contributed by atoms with Crippen LogP contribution in [0.5, 0.6) is 5.75 Å². The molecule has 0 aromatic heterocycles. The highest BCUT2D eigenvalue weighted by Gasteiger charge is 2.29. The fraction of sp³-hybridized carbons (Fsp3) is 0.562. The van der Waals surface area contributed by atoms with Gasteiger partial charge in [0.2, 0.25) is 0 Å². The number of ether oxygens (including phenoxy) is 1. The zero-order valence-corrected chi connectivity index (χ0v) is 12.9. The molecule has 4 heteroatoms. The number of benzene rings is 1. The largest absolute Gasteiger partial charge is 0.489 e. The minimum absolute atomic E-state index is 0.253. The minimum Gasteiger partial charge on any atom is -0.489 e. The number of para-hydroxylation sites is 1. The van der Waals surface area contributed by atoms with Crippen molar-refractivity contribution in [2.24, 2.45) is 5.41 Å². The van der Waals surface area contributed by atoms with Gasteiger partial charge in [-0.3, -0.25) is 4.79 Å². The third kappa shape index (κ3) is 3.92. The van der Waals surface area contributed by atoms with Crippen LogP contribution in [0, 0.1) is 5.41 Å². The van der Waals surface area contributed by atoms with Crippen LogP contribution in [0.2, 0.25) is 0 Å². The standard InChI is InChI=1S/C16H22O3S/c1-16(2,15(17)18)10-12-6-3-4-8-14(12)19-13-7-5-9-20-11-13/h3-4,6,8,13H,5,7,9-11H2,1-2H3,(H,17,18). The predicted octanol–water partition coefficient (Wildman–Crippen LogP) is 3.61. The van der Waals surface area contributed by atoms with Crippen molar-refractivity contribution >= 4 is 17.7 Å². The number of hydrogen-bond acceptors (Lipinski definition) is 3. The molecule has 1 aliphatic heterocycles. The summed E-state index contributed by atoms with van der Waals surface area (Å²) in [6.45, 7) is 3.51. The Labute approximate surface area is 124 Å². The van der Waals surface area contributed by atoms with Crippen molar-refractivity contribution in [3.63, 3.8) is 0 Å². The van der Waals surface area contributed by atoms with Gasteiger partial charge in [0.05, 0.1) is 5.41 Å². The number of thioether (sulfide) groups is 1. The second kappa shape index (κ2) is 6.53. The summed E-state index contributed by atoms with van der Waals surface area (Å²) in [5.41, 5.74) is 0.205. The molecule has 1 aromatic rings. The summed E-state index contributed by atoms with van der Waals surface area (Å²) < 4.78 is 6.10. The predicted molar refractivity (Wildman–Crippen MR) is 82.5 cm³/mol. The summed E-state index contributed by atoms with van der Waals surface area (Å²) in [6, 6.07) is 7.81. The van der Waals surface area contributed by atoms with Crippen LogP contribution in [0.15, 0.2) is 24.3 Å². The van der Waals surface area contributed by atoms with E-state index in [1.807, 2.05) is 36.0 Å². The first kappa shape index (κ1) is 15.2. The normalized spacial score (nSPS) is 19.6. The lowest BCUT2D eigenvalue weighted by Crippen LogP contribution is -2.27. The molecule has 1 aromatic carbocycles. The topological polar surface area (TPSA) is 46.5 Å². The van der Waals surface area contributed by atoms with Crippen LogP contribution in [0.3, 0.4) is 0 Å². The molecule has 20 heavy (non-hydrogen) atoms. The third-order valence-corrected chi connectivity index (χ3v) is 4.78. The number of aliphatic carboxylic acids is 1. The van der Waals surface area contributed by atoms with Gasteiger partial charge in [0.25, 0.3) is 0 Å². The molecule has 1 unspecified atom stereocenters. The Kier molecular flexibility index (Phi) is 4.97. The van der Waals surface area contributed by atoms with Gasteiger partial charge >= 0.3 is 5.97 Å². The zero-order valence-electron chi connectivity index (χ0n) is 12.1. The van der Waals surface area contributed by atoms with Gasteiger partial charge in [-0.25, -0.2) is 0 Å². The first-order valence-electron chi connectivity index (χ1n) is 7.05. The fourth-order valence-corrected chi connectivity index (χ4v) is 3.34. The monoisotopic (exact) mass is 294 g/mol. The molecular formula is C16H22O3S. The minimum atomic E-state index is -0.777. The molecule has 110 valence electrons. The SMILES string of the molecule is CC(C)(Cc1ccccc1OC1CCCSC1)C(=O)O. The van der Waals surface area contributed by atoms with Gasteiger partial charge in [0.15, 0.2) is 0 Å². The average Bonchev–Trinajstić information content (AvgIpc) is 2.42. The van der Waals surface area contributed by atoms with Crippen molar-refractivity contribution in [2.75, 3.05) is 11.5 Å². The highest BCUT2D eigenvalue weighted by Crippen LogP contribution is 2.30. The summed E-state index contributed by atoms with van der Waals surface area (Å²) >= 11 is 1.93. The number of carbonyl (C=O) groups is 1. The van der Waals surface area contributed by atoms with Crippen molar-refractivity contribution < 1.29 is 14.6 Å². The lowest BCUT2D eigenvalue weighted by Gasteiger charge is -2.26. The lowest BCUT2D eigenvalue weighted by molar-refractivity contribution is -0.146. The van der Waals surface area contributed by atoms with Gasteiger partial charge in [-0.05, 0) is 50.5 Å². The Balaban J connectivity index is 2.11. The molecule has 0 bridgehead atoms. The molecule has 0 amide bonds.